The Morgan fingerprint density at radius 1 is 1.25 bits per heavy atom. The highest BCUT2D eigenvalue weighted by Gasteiger charge is 2.27. The van der Waals surface area contributed by atoms with Crippen molar-refractivity contribution in [3.05, 3.63) is 29.8 Å². The lowest BCUT2D eigenvalue weighted by atomic mass is 9.97. The van der Waals surface area contributed by atoms with Crippen molar-refractivity contribution < 1.29 is 14.3 Å². The van der Waals surface area contributed by atoms with E-state index in [0.717, 1.165) is 43.2 Å². The minimum Gasteiger partial charge on any atom is -0.488 e. The molecule has 1 aliphatic heterocycles. The number of halogens is 1. The van der Waals surface area contributed by atoms with Gasteiger partial charge in [0, 0.05) is 32.2 Å². The first-order chi connectivity index (χ1) is 12.8. The second-order valence-electron chi connectivity index (χ2n) is 7.74. The van der Waals surface area contributed by atoms with Crippen molar-refractivity contribution in [1.82, 2.24) is 10.2 Å². The molecule has 1 N–H and O–H groups in total. The first-order valence-corrected chi connectivity index (χ1v) is 9.73. The van der Waals surface area contributed by atoms with Crippen LogP contribution in [-0.2, 0) is 16.1 Å². The fraction of sp³-hybridized carbons (Fsp3) is 0.619. The molecule has 1 aliphatic rings. The van der Waals surface area contributed by atoms with Crippen molar-refractivity contribution >= 4 is 35.9 Å². The number of piperidine rings is 1. The Morgan fingerprint density at radius 2 is 1.89 bits per heavy atom. The van der Waals surface area contributed by atoms with Crippen LogP contribution in [0.5, 0.6) is 5.75 Å². The number of carbonyl (C=O) groups excluding carboxylic acids is 1. The molecule has 28 heavy (non-hydrogen) atoms. The molecular formula is C21H34IN3O3. The number of ether oxygens (including phenoxy) is 2. The van der Waals surface area contributed by atoms with Crippen LogP contribution < -0.4 is 10.1 Å². The Hall–Kier alpha value is -1.51. The third-order valence-corrected chi connectivity index (χ3v) is 4.45. The van der Waals surface area contributed by atoms with Crippen molar-refractivity contribution in [1.29, 1.82) is 0 Å². The van der Waals surface area contributed by atoms with Crippen molar-refractivity contribution in [2.45, 2.75) is 52.7 Å². The average molecular weight is 503 g/mol. The fourth-order valence-electron chi connectivity index (χ4n) is 3.17. The summed E-state index contributed by atoms with van der Waals surface area (Å²) in [5.74, 6) is 1.66. The topological polar surface area (TPSA) is 63.2 Å². The quantitative estimate of drug-likeness (QED) is 0.287. The largest absolute Gasteiger partial charge is 0.488 e. The second kappa shape index (κ2) is 11.5. The molecule has 0 radical (unpaired) electrons. The van der Waals surface area contributed by atoms with Gasteiger partial charge in [-0.25, -0.2) is 0 Å². The number of esters is 1. The van der Waals surface area contributed by atoms with Gasteiger partial charge in [0.2, 0.25) is 0 Å². The molecule has 7 heteroatoms. The van der Waals surface area contributed by atoms with Gasteiger partial charge in [-0.05, 0) is 46.6 Å². The van der Waals surface area contributed by atoms with Gasteiger partial charge in [-0.1, -0.05) is 18.2 Å². The molecule has 1 saturated heterocycles. The molecule has 0 atom stereocenters. The zero-order valence-corrected chi connectivity index (χ0v) is 20.0. The summed E-state index contributed by atoms with van der Waals surface area (Å²) in [7, 11) is 1.79. The maximum atomic E-state index is 11.9. The van der Waals surface area contributed by atoms with Crippen LogP contribution in [0.1, 0.15) is 46.1 Å². The minimum absolute atomic E-state index is 0. The van der Waals surface area contributed by atoms with Crippen LogP contribution in [0.2, 0.25) is 0 Å². The molecule has 6 nitrogen and oxygen atoms in total. The van der Waals surface area contributed by atoms with Gasteiger partial charge in [-0.15, -0.1) is 24.0 Å². The maximum absolute atomic E-state index is 11.9. The number of rotatable bonds is 5. The van der Waals surface area contributed by atoms with Gasteiger partial charge in [-0.2, -0.15) is 0 Å². The molecule has 1 aromatic carbocycles. The lowest BCUT2D eigenvalue weighted by Crippen LogP contribution is -2.46. The molecule has 0 aliphatic carbocycles. The normalized spacial score (nSPS) is 15.6. The molecule has 158 valence electrons. The molecule has 0 amide bonds. The first kappa shape index (κ1) is 24.5. The summed E-state index contributed by atoms with van der Waals surface area (Å²) in [5, 5.41) is 3.43. The fourth-order valence-corrected chi connectivity index (χ4v) is 3.17. The van der Waals surface area contributed by atoms with Gasteiger partial charge in [0.15, 0.2) is 5.96 Å². The van der Waals surface area contributed by atoms with E-state index in [0.29, 0.717) is 13.2 Å². The van der Waals surface area contributed by atoms with Crippen LogP contribution in [-0.4, -0.2) is 49.2 Å². The summed E-state index contributed by atoms with van der Waals surface area (Å²) in [6.45, 7) is 10.7. The van der Waals surface area contributed by atoms with E-state index in [2.05, 4.69) is 21.3 Å². The lowest BCUT2D eigenvalue weighted by molar-refractivity contribution is -0.149. The van der Waals surface area contributed by atoms with Crippen LogP contribution in [0.15, 0.2) is 29.3 Å². The minimum atomic E-state index is -0.243. The Morgan fingerprint density at radius 3 is 2.46 bits per heavy atom. The summed E-state index contributed by atoms with van der Waals surface area (Å²) in [4.78, 5) is 18.5. The van der Waals surface area contributed by atoms with Gasteiger partial charge in [0.1, 0.15) is 11.4 Å². The van der Waals surface area contributed by atoms with Gasteiger partial charge in [0.05, 0.1) is 12.5 Å². The van der Waals surface area contributed by atoms with E-state index in [1.54, 1.807) is 7.05 Å². The summed E-state index contributed by atoms with van der Waals surface area (Å²) in [6.07, 6.45) is 1.59. The van der Waals surface area contributed by atoms with Crippen LogP contribution in [0, 0.1) is 5.92 Å². The molecule has 0 spiro atoms. The molecule has 0 unspecified atom stereocenters. The van der Waals surface area contributed by atoms with E-state index in [1.807, 2.05) is 45.9 Å². The summed E-state index contributed by atoms with van der Waals surface area (Å²) in [5.41, 5.74) is 0.849. The van der Waals surface area contributed by atoms with Crippen LogP contribution in [0.3, 0.4) is 0 Å². The Labute approximate surface area is 186 Å². The highest BCUT2D eigenvalue weighted by atomic mass is 127. The molecule has 1 aromatic rings. The van der Waals surface area contributed by atoms with Crippen LogP contribution in [0.25, 0.3) is 0 Å². The molecule has 0 aromatic heterocycles. The number of nitrogens with one attached hydrogen (secondary N) is 1. The van der Waals surface area contributed by atoms with Gasteiger partial charge >= 0.3 is 5.97 Å². The number of benzene rings is 1. The Bertz CT molecular complexity index is 651. The number of para-hydroxylation sites is 1. The number of guanidine groups is 1. The third-order valence-electron chi connectivity index (χ3n) is 4.45. The van der Waals surface area contributed by atoms with Crippen LogP contribution >= 0.6 is 24.0 Å². The molecule has 1 heterocycles. The third kappa shape index (κ3) is 7.48. The van der Waals surface area contributed by atoms with Gasteiger partial charge < -0.3 is 19.7 Å². The van der Waals surface area contributed by atoms with E-state index < -0.39 is 0 Å². The predicted octanol–water partition coefficient (Wildman–Crippen LogP) is 3.83. The average Bonchev–Trinajstić information content (AvgIpc) is 2.63. The lowest BCUT2D eigenvalue weighted by Gasteiger charge is -2.33. The monoisotopic (exact) mass is 503 g/mol. The molecular weight excluding hydrogens is 469 g/mol. The number of aliphatic imine (C=N–C) groups is 1. The smallest absolute Gasteiger partial charge is 0.309 e. The van der Waals surface area contributed by atoms with Crippen molar-refractivity contribution in [3.8, 4) is 5.75 Å². The number of nitrogens with zero attached hydrogens (tertiary/aromatic N) is 2. The summed E-state index contributed by atoms with van der Waals surface area (Å²) >= 11 is 0. The standard InChI is InChI=1S/C21H33N3O3.HI/c1-6-26-19(25)16-11-13-24(14-12-16)20(22-5)23-15-17-9-7-8-10-18(17)27-21(2,3)4;/h7-10,16H,6,11-15H2,1-5H3,(H,22,23);1H. The second-order valence-corrected chi connectivity index (χ2v) is 7.74. The SMILES string of the molecule is CCOC(=O)C1CCN(C(=NC)NCc2ccccc2OC(C)(C)C)CC1.I. The van der Waals surface area contributed by atoms with E-state index >= 15 is 0 Å². The number of hydrogen-bond acceptors (Lipinski definition) is 4. The van der Waals surface area contributed by atoms with E-state index in [-0.39, 0.29) is 41.5 Å². The zero-order chi connectivity index (χ0) is 19.9. The first-order valence-electron chi connectivity index (χ1n) is 9.73. The maximum Gasteiger partial charge on any atom is 0.309 e. The molecule has 0 bridgehead atoms. The van der Waals surface area contributed by atoms with Crippen molar-refractivity contribution in [2.75, 3.05) is 26.7 Å². The highest BCUT2D eigenvalue weighted by Crippen LogP contribution is 2.23. The molecule has 1 fully saturated rings. The Kier molecular flexibility index (Phi) is 10.1. The van der Waals surface area contributed by atoms with Gasteiger partial charge in [-0.3, -0.25) is 9.79 Å². The predicted molar refractivity (Wildman–Crippen MR) is 123 cm³/mol. The van der Waals surface area contributed by atoms with E-state index in [9.17, 15) is 4.79 Å². The number of carbonyl (C=O) groups is 1. The molecule has 0 saturated carbocycles. The molecule has 2 rings (SSSR count). The highest BCUT2D eigenvalue weighted by molar-refractivity contribution is 14.0. The van der Waals surface area contributed by atoms with E-state index in [4.69, 9.17) is 9.47 Å². The summed E-state index contributed by atoms with van der Waals surface area (Å²) < 4.78 is 11.2. The zero-order valence-electron chi connectivity index (χ0n) is 17.7. The van der Waals surface area contributed by atoms with E-state index in [1.165, 1.54) is 0 Å². The number of likely N-dealkylation sites (tertiary alicyclic amines) is 1. The van der Waals surface area contributed by atoms with Gasteiger partial charge in [0.25, 0.3) is 0 Å². The Balaban J connectivity index is 0.00000392. The van der Waals surface area contributed by atoms with Crippen molar-refractivity contribution in [3.63, 3.8) is 0 Å². The number of hydrogen-bond donors (Lipinski definition) is 1. The summed E-state index contributed by atoms with van der Waals surface area (Å²) in [6, 6.07) is 8.06. The van der Waals surface area contributed by atoms with Crippen molar-refractivity contribution in [2.24, 2.45) is 10.9 Å². The van der Waals surface area contributed by atoms with Crippen LogP contribution in [0.4, 0.5) is 0 Å².